The third kappa shape index (κ3) is 4.25. The number of H-pyrrole nitrogens is 1. The molecule has 0 spiro atoms. The Balaban J connectivity index is 1.82. The van der Waals surface area contributed by atoms with Crippen LogP contribution in [0.5, 0.6) is 0 Å². The van der Waals surface area contributed by atoms with Gasteiger partial charge in [-0.15, -0.1) is 11.3 Å². The lowest BCUT2D eigenvalue weighted by Gasteiger charge is -2.34. The molecule has 134 valence electrons. The van der Waals surface area contributed by atoms with E-state index in [-0.39, 0.29) is 18.5 Å². The third-order valence-corrected chi connectivity index (χ3v) is 5.38. The molecule has 0 atom stereocenters. The topological polar surface area (TPSA) is 88.1 Å². The molecule has 7 nitrogen and oxygen atoms in total. The zero-order valence-corrected chi connectivity index (χ0v) is 15.1. The molecule has 1 amide bonds. The highest BCUT2D eigenvalue weighted by molar-refractivity contribution is 7.09. The molecule has 2 aromatic heterocycles. The number of aryl methyl sites for hydroxylation is 1. The van der Waals surface area contributed by atoms with Crippen LogP contribution in [0, 0.1) is 6.92 Å². The first-order valence-electron chi connectivity index (χ1n) is 8.53. The van der Waals surface area contributed by atoms with Crippen LogP contribution >= 0.6 is 11.3 Å². The molecule has 1 aliphatic rings. The minimum atomic E-state index is -0.554. The smallest absolute Gasteiger partial charge is 0.328 e. The fourth-order valence-electron chi connectivity index (χ4n) is 3.26. The van der Waals surface area contributed by atoms with Crippen LogP contribution in [0.2, 0.25) is 0 Å². The molecule has 2 aromatic rings. The molecular formula is C17H22N4O3S. The van der Waals surface area contributed by atoms with Gasteiger partial charge in [-0.1, -0.05) is 19.3 Å². The maximum absolute atomic E-state index is 12.9. The third-order valence-electron chi connectivity index (χ3n) is 4.62. The molecule has 3 rings (SSSR count). The maximum atomic E-state index is 12.9. The van der Waals surface area contributed by atoms with Crippen LogP contribution in [0.25, 0.3) is 0 Å². The highest BCUT2D eigenvalue weighted by Crippen LogP contribution is 2.25. The Morgan fingerprint density at radius 3 is 2.80 bits per heavy atom. The summed E-state index contributed by atoms with van der Waals surface area (Å²) in [6, 6.07) is 0.185. The lowest BCUT2D eigenvalue weighted by atomic mass is 9.94. The molecule has 0 radical (unpaired) electrons. The van der Waals surface area contributed by atoms with E-state index in [4.69, 9.17) is 0 Å². The van der Waals surface area contributed by atoms with Gasteiger partial charge < -0.3 is 4.90 Å². The van der Waals surface area contributed by atoms with Crippen molar-refractivity contribution in [1.82, 2.24) is 19.4 Å². The molecule has 1 aliphatic carbocycles. The summed E-state index contributed by atoms with van der Waals surface area (Å²) in [4.78, 5) is 44.8. The Hall–Kier alpha value is -2.22. The van der Waals surface area contributed by atoms with Crippen LogP contribution in [0.1, 0.15) is 42.7 Å². The molecule has 0 saturated heterocycles. The van der Waals surface area contributed by atoms with Crippen molar-refractivity contribution in [2.24, 2.45) is 0 Å². The number of nitrogens with zero attached hydrogens (tertiary/aromatic N) is 3. The molecule has 0 unspecified atom stereocenters. The highest BCUT2D eigenvalue weighted by Gasteiger charge is 2.26. The summed E-state index contributed by atoms with van der Waals surface area (Å²) in [5, 5.41) is 2.79. The van der Waals surface area contributed by atoms with Crippen molar-refractivity contribution in [3.8, 4) is 0 Å². The van der Waals surface area contributed by atoms with Gasteiger partial charge in [0.05, 0.1) is 6.54 Å². The zero-order chi connectivity index (χ0) is 17.8. The van der Waals surface area contributed by atoms with E-state index in [2.05, 4.69) is 9.97 Å². The van der Waals surface area contributed by atoms with Crippen LogP contribution in [0.15, 0.2) is 27.4 Å². The average Bonchev–Trinajstić information content (AvgIpc) is 3.11. The van der Waals surface area contributed by atoms with Gasteiger partial charge in [-0.3, -0.25) is 19.1 Å². The molecule has 8 heteroatoms. The van der Waals surface area contributed by atoms with Crippen LogP contribution in [0.3, 0.4) is 0 Å². The fourth-order valence-corrected chi connectivity index (χ4v) is 3.88. The number of hydrogen-bond donors (Lipinski definition) is 1. The molecule has 0 aromatic carbocycles. The van der Waals surface area contributed by atoms with Crippen LogP contribution in [0.4, 0.5) is 0 Å². The summed E-state index contributed by atoms with van der Waals surface area (Å²) in [7, 11) is 0. The first kappa shape index (κ1) is 17.6. The molecule has 2 heterocycles. The number of aromatic nitrogens is 3. The number of rotatable bonds is 5. The minimum Gasteiger partial charge on any atom is -0.331 e. The second-order valence-corrected chi connectivity index (χ2v) is 7.42. The Morgan fingerprint density at radius 2 is 2.12 bits per heavy atom. The van der Waals surface area contributed by atoms with Crippen molar-refractivity contribution in [3.05, 3.63) is 49.2 Å². The molecule has 25 heavy (non-hydrogen) atoms. The quantitative estimate of drug-likeness (QED) is 0.876. The van der Waals surface area contributed by atoms with Crippen molar-refractivity contribution in [3.63, 3.8) is 0 Å². The molecule has 0 aliphatic heterocycles. The Bertz CT molecular complexity index is 834. The number of carbonyl (C=O) groups is 1. The summed E-state index contributed by atoms with van der Waals surface area (Å²) in [6.07, 6.45) is 8.58. The van der Waals surface area contributed by atoms with Crippen molar-refractivity contribution >= 4 is 17.2 Å². The number of aromatic amines is 1. The standard InChI is InChI=1S/C17H22N4O3S/c1-12-9-20(17(24)19-16(12)23)11-15(22)21(10-14-18-7-8-25-14)13-5-3-2-4-6-13/h7-9,13H,2-6,10-11H2,1H3,(H,19,23,24). The predicted octanol–water partition coefficient (Wildman–Crippen LogP) is 1.66. The number of nitrogens with one attached hydrogen (secondary N) is 1. The van der Waals surface area contributed by atoms with Crippen LogP contribution < -0.4 is 11.2 Å². The zero-order valence-electron chi connectivity index (χ0n) is 14.2. The number of hydrogen-bond acceptors (Lipinski definition) is 5. The lowest BCUT2D eigenvalue weighted by molar-refractivity contribution is -0.135. The summed E-state index contributed by atoms with van der Waals surface area (Å²) in [5.74, 6) is -0.115. The maximum Gasteiger partial charge on any atom is 0.328 e. The number of amides is 1. The normalized spacial score (nSPS) is 15.2. The first-order chi connectivity index (χ1) is 12.0. The van der Waals surface area contributed by atoms with Gasteiger partial charge >= 0.3 is 5.69 Å². The van der Waals surface area contributed by atoms with Gasteiger partial charge in [-0.05, 0) is 19.8 Å². The van der Waals surface area contributed by atoms with Gasteiger partial charge in [0.15, 0.2) is 0 Å². The molecule has 1 saturated carbocycles. The van der Waals surface area contributed by atoms with E-state index in [1.165, 1.54) is 28.5 Å². The molecule has 0 bridgehead atoms. The van der Waals surface area contributed by atoms with E-state index in [1.807, 2.05) is 10.3 Å². The average molecular weight is 362 g/mol. The van der Waals surface area contributed by atoms with Crippen molar-refractivity contribution in [2.75, 3.05) is 0 Å². The summed E-state index contributed by atoms with van der Waals surface area (Å²) in [5.41, 5.74) is -0.557. The molecular weight excluding hydrogens is 340 g/mol. The van der Waals surface area contributed by atoms with Gasteiger partial charge in [0.25, 0.3) is 5.56 Å². The van der Waals surface area contributed by atoms with Crippen molar-refractivity contribution < 1.29 is 4.79 Å². The van der Waals surface area contributed by atoms with E-state index in [0.29, 0.717) is 12.1 Å². The first-order valence-corrected chi connectivity index (χ1v) is 9.41. The Labute approximate surface area is 149 Å². The van der Waals surface area contributed by atoms with E-state index in [1.54, 1.807) is 13.1 Å². The Morgan fingerprint density at radius 1 is 1.36 bits per heavy atom. The Kier molecular flexibility index (Phi) is 5.47. The highest BCUT2D eigenvalue weighted by atomic mass is 32.1. The minimum absolute atomic E-state index is 0.0711. The van der Waals surface area contributed by atoms with Gasteiger partial charge in [0.2, 0.25) is 5.91 Å². The van der Waals surface area contributed by atoms with Gasteiger partial charge in [-0.2, -0.15) is 0 Å². The molecule has 1 N–H and O–H groups in total. The summed E-state index contributed by atoms with van der Waals surface area (Å²) in [6.45, 7) is 2.02. The van der Waals surface area contributed by atoms with E-state index >= 15 is 0 Å². The van der Waals surface area contributed by atoms with Crippen molar-refractivity contribution in [1.29, 1.82) is 0 Å². The SMILES string of the molecule is Cc1cn(CC(=O)N(Cc2nccs2)C2CCCCC2)c(=O)[nH]c1=O. The second-order valence-electron chi connectivity index (χ2n) is 6.44. The lowest BCUT2D eigenvalue weighted by Crippen LogP contribution is -2.44. The van der Waals surface area contributed by atoms with Crippen LogP contribution in [-0.2, 0) is 17.9 Å². The van der Waals surface area contributed by atoms with E-state index in [0.717, 1.165) is 30.7 Å². The fraction of sp³-hybridized carbons (Fsp3) is 0.529. The van der Waals surface area contributed by atoms with Crippen molar-refractivity contribution in [2.45, 2.75) is 58.2 Å². The summed E-state index contributed by atoms with van der Waals surface area (Å²) < 4.78 is 1.27. The second kappa shape index (κ2) is 7.77. The number of carbonyl (C=O) groups excluding carboxylic acids is 1. The van der Waals surface area contributed by atoms with Gasteiger partial charge in [0.1, 0.15) is 11.6 Å². The molecule has 1 fully saturated rings. The van der Waals surface area contributed by atoms with E-state index in [9.17, 15) is 14.4 Å². The predicted molar refractivity (Wildman–Crippen MR) is 95.6 cm³/mol. The van der Waals surface area contributed by atoms with E-state index < -0.39 is 11.2 Å². The monoisotopic (exact) mass is 362 g/mol. The summed E-state index contributed by atoms with van der Waals surface area (Å²) >= 11 is 1.53. The number of thiazole rings is 1. The van der Waals surface area contributed by atoms with Crippen LogP contribution in [-0.4, -0.2) is 31.4 Å². The van der Waals surface area contributed by atoms with Gasteiger partial charge in [-0.25, -0.2) is 9.78 Å². The van der Waals surface area contributed by atoms with Gasteiger partial charge in [0, 0.05) is 29.4 Å². The largest absolute Gasteiger partial charge is 0.331 e.